The Bertz CT molecular complexity index is 415. The van der Waals surface area contributed by atoms with Crippen LogP contribution in [0.1, 0.15) is 49.8 Å². The zero-order valence-electron chi connectivity index (χ0n) is 12.9. The van der Waals surface area contributed by atoms with Crippen LogP contribution in [-0.2, 0) is 0 Å². The van der Waals surface area contributed by atoms with Crippen LogP contribution in [0.2, 0.25) is 0 Å². The van der Waals surface area contributed by atoms with Gasteiger partial charge in [0.15, 0.2) is 0 Å². The van der Waals surface area contributed by atoms with Crippen molar-refractivity contribution in [2.24, 2.45) is 0 Å². The van der Waals surface area contributed by atoms with Crippen molar-refractivity contribution >= 4 is 11.8 Å². The third kappa shape index (κ3) is 3.92. The van der Waals surface area contributed by atoms with Crippen LogP contribution in [0.3, 0.4) is 0 Å². The molecular formula is C17H27NOS. The minimum Gasteiger partial charge on any atom is -0.497 e. The molecule has 2 unspecified atom stereocenters. The fourth-order valence-corrected chi connectivity index (χ4v) is 4.34. The number of methoxy groups -OCH3 is 1. The first-order valence-corrected chi connectivity index (χ1v) is 8.80. The van der Waals surface area contributed by atoms with E-state index in [0.717, 1.165) is 12.3 Å². The van der Waals surface area contributed by atoms with Crippen LogP contribution in [0.5, 0.6) is 5.75 Å². The van der Waals surface area contributed by atoms with E-state index < -0.39 is 0 Å². The predicted molar refractivity (Wildman–Crippen MR) is 88.9 cm³/mol. The smallest absolute Gasteiger partial charge is 0.119 e. The Labute approximate surface area is 127 Å². The average Bonchev–Trinajstić information content (AvgIpc) is 2.50. The zero-order valence-corrected chi connectivity index (χ0v) is 13.8. The Morgan fingerprint density at radius 2 is 2.25 bits per heavy atom. The van der Waals surface area contributed by atoms with Crippen LogP contribution >= 0.6 is 11.8 Å². The van der Waals surface area contributed by atoms with E-state index in [0.29, 0.717) is 11.3 Å². The van der Waals surface area contributed by atoms with Crippen LogP contribution in [0.15, 0.2) is 18.2 Å². The highest BCUT2D eigenvalue weighted by Crippen LogP contribution is 2.36. The number of hydrogen-bond acceptors (Lipinski definition) is 3. The van der Waals surface area contributed by atoms with Gasteiger partial charge in [0, 0.05) is 11.3 Å². The molecule has 3 heteroatoms. The van der Waals surface area contributed by atoms with Gasteiger partial charge in [-0.05, 0) is 61.7 Å². The van der Waals surface area contributed by atoms with E-state index >= 15 is 0 Å². The molecule has 0 aliphatic carbocycles. The summed E-state index contributed by atoms with van der Waals surface area (Å²) < 4.78 is 5.33. The molecule has 2 rings (SSSR count). The molecule has 1 saturated heterocycles. The van der Waals surface area contributed by atoms with E-state index in [4.69, 9.17) is 4.74 Å². The largest absolute Gasteiger partial charge is 0.497 e. The number of nitrogens with one attached hydrogen (secondary N) is 1. The first-order chi connectivity index (χ1) is 9.76. The third-order valence-corrected chi connectivity index (χ3v) is 5.47. The van der Waals surface area contributed by atoms with Gasteiger partial charge in [-0.1, -0.05) is 19.4 Å². The van der Waals surface area contributed by atoms with E-state index in [9.17, 15) is 0 Å². The summed E-state index contributed by atoms with van der Waals surface area (Å²) in [6.07, 6.45) is 5.26. The van der Waals surface area contributed by atoms with E-state index in [-0.39, 0.29) is 0 Å². The van der Waals surface area contributed by atoms with Gasteiger partial charge in [0.2, 0.25) is 0 Å². The Morgan fingerprint density at radius 3 is 2.85 bits per heavy atom. The van der Waals surface area contributed by atoms with Crippen molar-refractivity contribution in [3.05, 3.63) is 29.3 Å². The molecule has 1 heterocycles. The van der Waals surface area contributed by atoms with Gasteiger partial charge in [-0.3, -0.25) is 0 Å². The number of aryl methyl sites for hydroxylation is 1. The highest BCUT2D eigenvalue weighted by Gasteiger charge is 2.26. The van der Waals surface area contributed by atoms with Gasteiger partial charge in [0.1, 0.15) is 5.75 Å². The Morgan fingerprint density at radius 1 is 1.40 bits per heavy atom. The summed E-state index contributed by atoms with van der Waals surface area (Å²) in [5.41, 5.74) is 2.78. The van der Waals surface area contributed by atoms with Crippen molar-refractivity contribution in [3.63, 3.8) is 0 Å². The summed E-state index contributed by atoms with van der Waals surface area (Å²) in [5, 5.41) is 4.48. The number of benzene rings is 1. The van der Waals surface area contributed by atoms with Crippen LogP contribution in [0, 0.1) is 6.92 Å². The highest BCUT2D eigenvalue weighted by atomic mass is 32.2. The summed E-state index contributed by atoms with van der Waals surface area (Å²) in [4.78, 5) is 0. The molecule has 2 atom stereocenters. The van der Waals surface area contributed by atoms with E-state index in [2.05, 4.69) is 49.1 Å². The summed E-state index contributed by atoms with van der Waals surface area (Å²) in [7, 11) is 1.73. The van der Waals surface area contributed by atoms with Gasteiger partial charge < -0.3 is 10.1 Å². The first kappa shape index (κ1) is 15.7. The second-order valence-electron chi connectivity index (χ2n) is 5.56. The highest BCUT2D eigenvalue weighted by molar-refractivity contribution is 8.00. The lowest BCUT2D eigenvalue weighted by molar-refractivity contribution is 0.413. The van der Waals surface area contributed by atoms with Gasteiger partial charge >= 0.3 is 0 Å². The number of rotatable bonds is 6. The minimum atomic E-state index is 0.478. The number of ether oxygens (including phenoxy) is 1. The van der Waals surface area contributed by atoms with Crippen LogP contribution in [-0.4, -0.2) is 24.7 Å². The molecule has 1 aromatic carbocycles. The molecule has 1 aliphatic rings. The SMILES string of the molecule is CCCNC(c1ccc(OC)cc1C)C1CCCCS1. The summed E-state index contributed by atoms with van der Waals surface area (Å²) in [5.74, 6) is 2.27. The minimum absolute atomic E-state index is 0.478. The van der Waals surface area contributed by atoms with Crippen molar-refractivity contribution in [2.45, 2.75) is 50.8 Å². The lowest BCUT2D eigenvalue weighted by Gasteiger charge is -2.32. The monoisotopic (exact) mass is 293 g/mol. The molecule has 20 heavy (non-hydrogen) atoms. The summed E-state index contributed by atoms with van der Waals surface area (Å²) in [6.45, 7) is 5.53. The van der Waals surface area contributed by atoms with Crippen LogP contribution in [0.4, 0.5) is 0 Å². The maximum absolute atomic E-state index is 5.33. The molecule has 1 N–H and O–H groups in total. The molecule has 0 amide bonds. The van der Waals surface area contributed by atoms with Crippen molar-refractivity contribution in [1.82, 2.24) is 5.32 Å². The lowest BCUT2D eigenvalue weighted by Crippen LogP contribution is -2.32. The molecule has 0 saturated carbocycles. The quantitative estimate of drug-likeness (QED) is 0.843. The standard InChI is InChI=1S/C17H27NOS/c1-4-10-18-17(16-7-5-6-11-20-16)15-9-8-14(19-3)12-13(15)2/h8-9,12,16-18H,4-7,10-11H2,1-3H3. The maximum atomic E-state index is 5.33. The van der Waals surface area contributed by atoms with Crippen LogP contribution < -0.4 is 10.1 Å². The van der Waals surface area contributed by atoms with Gasteiger partial charge in [-0.25, -0.2) is 0 Å². The molecule has 0 aromatic heterocycles. The average molecular weight is 293 g/mol. The summed E-state index contributed by atoms with van der Waals surface area (Å²) >= 11 is 2.14. The fourth-order valence-electron chi connectivity index (χ4n) is 2.89. The lowest BCUT2D eigenvalue weighted by atomic mass is 9.95. The molecule has 1 fully saturated rings. The van der Waals surface area contributed by atoms with Gasteiger partial charge in [0.25, 0.3) is 0 Å². The van der Waals surface area contributed by atoms with Crippen LogP contribution in [0.25, 0.3) is 0 Å². The molecule has 0 spiro atoms. The Hall–Kier alpha value is -0.670. The van der Waals surface area contributed by atoms with E-state index in [1.165, 1.54) is 42.6 Å². The second-order valence-corrected chi connectivity index (χ2v) is 6.91. The molecule has 2 nitrogen and oxygen atoms in total. The molecule has 1 aromatic rings. The first-order valence-electron chi connectivity index (χ1n) is 7.75. The Balaban J connectivity index is 2.20. The third-order valence-electron chi connectivity index (χ3n) is 4.01. The maximum Gasteiger partial charge on any atom is 0.119 e. The van der Waals surface area contributed by atoms with Crippen molar-refractivity contribution in [2.75, 3.05) is 19.4 Å². The molecular weight excluding hydrogens is 266 g/mol. The molecule has 0 radical (unpaired) electrons. The van der Waals surface area contributed by atoms with Gasteiger partial charge in [0.05, 0.1) is 7.11 Å². The predicted octanol–water partition coefficient (Wildman–Crippen LogP) is 4.33. The number of hydrogen-bond donors (Lipinski definition) is 1. The Kier molecular flexibility index (Phi) is 6.24. The molecule has 1 aliphatic heterocycles. The van der Waals surface area contributed by atoms with Gasteiger partial charge in [-0.15, -0.1) is 0 Å². The molecule has 112 valence electrons. The van der Waals surface area contributed by atoms with Crippen molar-refractivity contribution < 1.29 is 4.74 Å². The van der Waals surface area contributed by atoms with Crippen molar-refractivity contribution in [1.29, 1.82) is 0 Å². The van der Waals surface area contributed by atoms with E-state index in [1.807, 2.05) is 0 Å². The zero-order chi connectivity index (χ0) is 14.4. The fraction of sp³-hybridized carbons (Fsp3) is 0.647. The second kappa shape index (κ2) is 7.94. The van der Waals surface area contributed by atoms with E-state index in [1.54, 1.807) is 7.11 Å². The number of thioether (sulfide) groups is 1. The summed E-state index contributed by atoms with van der Waals surface area (Å²) in [6, 6.07) is 6.97. The molecule has 0 bridgehead atoms. The normalized spacial score (nSPS) is 20.6. The topological polar surface area (TPSA) is 21.3 Å². The van der Waals surface area contributed by atoms with Gasteiger partial charge in [-0.2, -0.15) is 11.8 Å². The van der Waals surface area contributed by atoms with Crippen molar-refractivity contribution in [3.8, 4) is 5.75 Å².